The molecule has 2 aliphatic heterocycles. The largest absolute Gasteiger partial charge is 0.307 e. The van der Waals surface area contributed by atoms with Crippen LogP contribution in [0.15, 0.2) is 54.9 Å². The van der Waals surface area contributed by atoms with E-state index in [9.17, 15) is 17.6 Å². The molecule has 0 saturated carbocycles. The first kappa shape index (κ1) is 19.9. The molecule has 0 unspecified atom stereocenters. The number of rotatable bonds is 4. The van der Waals surface area contributed by atoms with E-state index in [2.05, 4.69) is 5.10 Å². The lowest BCUT2D eigenvalue weighted by atomic mass is 9.76. The van der Waals surface area contributed by atoms with E-state index in [1.165, 1.54) is 10.4 Å². The van der Waals surface area contributed by atoms with Gasteiger partial charge in [-0.15, -0.1) is 0 Å². The number of sulfonamides is 1. The molecule has 1 aromatic heterocycles. The molecule has 0 bridgehead atoms. The van der Waals surface area contributed by atoms with E-state index < -0.39 is 21.3 Å². The molecule has 0 radical (unpaired) electrons. The summed E-state index contributed by atoms with van der Waals surface area (Å²) >= 11 is 0. The van der Waals surface area contributed by atoms with Gasteiger partial charge in [0.2, 0.25) is 15.9 Å². The number of aryl methyl sites for hydroxylation is 1. The van der Waals surface area contributed by atoms with Crippen LogP contribution in [0.1, 0.15) is 11.1 Å². The van der Waals surface area contributed by atoms with Crippen molar-refractivity contribution in [2.45, 2.75) is 12.0 Å². The van der Waals surface area contributed by atoms with Gasteiger partial charge in [-0.1, -0.05) is 30.3 Å². The van der Waals surface area contributed by atoms with Crippen LogP contribution in [0.2, 0.25) is 0 Å². The summed E-state index contributed by atoms with van der Waals surface area (Å²) in [6.45, 7) is 0.302. The number of carbonyl (C=O) groups excluding carboxylic acids is 1. The minimum atomic E-state index is -3.37. The Labute approximate surface area is 179 Å². The Bertz CT molecular complexity index is 1310. The molecule has 1 spiro atoms. The van der Waals surface area contributed by atoms with Crippen molar-refractivity contribution in [2.75, 3.05) is 24.2 Å². The topological polar surface area (TPSA) is 75.5 Å². The second-order valence-corrected chi connectivity index (χ2v) is 10.2. The summed E-state index contributed by atoms with van der Waals surface area (Å²) in [5.41, 5.74) is 2.52. The summed E-state index contributed by atoms with van der Waals surface area (Å²) < 4.78 is 41.7. The highest BCUT2D eigenvalue weighted by molar-refractivity contribution is 7.88. The van der Waals surface area contributed by atoms with Crippen LogP contribution in [-0.2, 0) is 33.8 Å². The molecular formula is C22H21FN4O3S. The molecule has 1 fully saturated rings. The van der Waals surface area contributed by atoms with Crippen LogP contribution < -0.4 is 4.90 Å². The molecule has 3 heterocycles. The Morgan fingerprint density at radius 2 is 1.87 bits per heavy atom. The lowest BCUT2D eigenvalue weighted by Crippen LogP contribution is -2.64. The van der Waals surface area contributed by atoms with Crippen molar-refractivity contribution in [1.29, 1.82) is 0 Å². The number of hydrogen-bond acceptors (Lipinski definition) is 4. The maximum absolute atomic E-state index is 15.0. The van der Waals surface area contributed by atoms with E-state index in [-0.39, 0.29) is 25.5 Å². The number of carbonyl (C=O) groups is 1. The van der Waals surface area contributed by atoms with E-state index in [0.717, 1.165) is 17.4 Å². The Hall–Kier alpha value is -3.04. The normalized spacial score (nSPS) is 17.8. The first-order chi connectivity index (χ1) is 14.7. The van der Waals surface area contributed by atoms with Gasteiger partial charge in [0.15, 0.2) is 0 Å². The highest BCUT2D eigenvalue weighted by Crippen LogP contribution is 2.48. The second-order valence-electron chi connectivity index (χ2n) is 8.23. The maximum atomic E-state index is 15.0. The van der Waals surface area contributed by atoms with Crippen molar-refractivity contribution in [1.82, 2.24) is 14.1 Å². The number of para-hydroxylation sites is 1. The zero-order chi connectivity index (χ0) is 22.0. The zero-order valence-corrected chi connectivity index (χ0v) is 17.9. The molecule has 2 aromatic carbocycles. The predicted molar refractivity (Wildman–Crippen MR) is 114 cm³/mol. The molecule has 5 rings (SSSR count). The van der Waals surface area contributed by atoms with Crippen molar-refractivity contribution in [2.24, 2.45) is 7.05 Å². The Balaban J connectivity index is 1.46. The average molecular weight is 441 g/mol. The summed E-state index contributed by atoms with van der Waals surface area (Å²) in [6.07, 6.45) is 4.62. The Morgan fingerprint density at radius 1 is 1.13 bits per heavy atom. The summed E-state index contributed by atoms with van der Waals surface area (Å²) in [4.78, 5) is 15.0. The predicted octanol–water partition coefficient (Wildman–Crippen LogP) is 2.29. The third-order valence-corrected chi connectivity index (χ3v) is 7.34. The number of amides is 1. The van der Waals surface area contributed by atoms with Crippen molar-refractivity contribution in [3.63, 3.8) is 0 Å². The maximum Gasteiger partial charge on any atom is 0.240 e. The smallest absolute Gasteiger partial charge is 0.240 e. The molecule has 3 aromatic rings. The molecule has 160 valence electrons. The standard InChI is InChI=1S/C22H21FN4O3S/c1-25-11-17(10-24-25)15-7-8-16(19(23)9-15)12-27-20-6-4-3-5-18(20)22(21(27)28)13-26(14-22)31(2,29)30/h3-11H,12-14H2,1-2H3. The van der Waals surface area contributed by atoms with Crippen LogP contribution in [-0.4, -0.2) is 47.8 Å². The van der Waals surface area contributed by atoms with Crippen molar-refractivity contribution >= 4 is 21.6 Å². The third-order valence-electron chi connectivity index (χ3n) is 6.15. The fraction of sp³-hybridized carbons (Fsp3) is 0.273. The van der Waals surface area contributed by atoms with Gasteiger partial charge in [-0.2, -0.15) is 9.40 Å². The SMILES string of the molecule is Cn1cc(-c2ccc(CN3C(=O)C4(CN(S(C)(=O)=O)C4)c4ccccc43)c(F)c2)cn1. The molecule has 7 nitrogen and oxygen atoms in total. The Kier molecular flexibility index (Phi) is 4.32. The molecule has 0 N–H and O–H groups in total. The summed E-state index contributed by atoms with van der Waals surface area (Å²) in [5.74, 6) is -0.594. The molecule has 0 aliphatic carbocycles. The third kappa shape index (κ3) is 3.07. The first-order valence-electron chi connectivity index (χ1n) is 9.83. The van der Waals surface area contributed by atoms with Crippen molar-refractivity contribution < 1.29 is 17.6 Å². The lowest BCUT2D eigenvalue weighted by Gasteiger charge is -2.45. The van der Waals surface area contributed by atoms with Crippen LogP contribution in [0, 0.1) is 5.82 Å². The minimum Gasteiger partial charge on any atom is -0.307 e. The molecule has 31 heavy (non-hydrogen) atoms. The van der Waals surface area contributed by atoms with Crippen LogP contribution in [0.3, 0.4) is 0 Å². The monoisotopic (exact) mass is 440 g/mol. The van der Waals surface area contributed by atoms with Crippen molar-refractivity contribution in [3.8, 4) is 11.1 Å². The highest BCUT2D eigenvalue weighted by Gasteiger charge is 2.59. The van der Waals surface area contributed by atoms with Gasteiger partial charge in [-0.3, -0.25) is 9.48 Å². The minimum absolute atomic E-state index is 0.0790. The number of hydrogen-bond donors (Lipinski definition) is 0. The van der Waals surface area contributed by atoms with E-state index in [1.807, 2.05) is 36.5 Å². The molecule has 1 saturated heterocycles. The van der Waals surface area contributed by atoms with E-state index >= 15 is 0 Å². The summed E-state index contributed by atoms with van der Waals surface area (Å²) in [6, 6.07) is 12.3. The van der Waals surface area contributed by atoms with Crippen LogP contribution in [0.5, 0.6) is 0 Å². The fourth-order valence-corrected chi connectivity index (χ4v) is 5.36. The number of anilines is 1. The van der Waals surface area contributed by atoms with E-state index in [0.29, 0.717) is 16.8 Å². The van der Waals surface area contributed by atoms with Gasteiger partial charge in [0.05, 0.1) is 19.0 Å². The number of halogens is 1. The van der Waals surface area contributed by atoms with Gasteiger partial charge < -0.3 is 4.90 Å². The molecule has 2 aliphatic rings. The average Bonchev–Trinajstić information content (AvgIpc) is 3.21. The number of aromatic nitrogens is 2. The fourth-order valence-electron chi connectivity index (χ4n) is 4.45. The quantitative estimate of drug-likeness (QED) is 0.624. The Morgan fingerprint density at radius 3 is 2.52 bits per heavy atom. The lowest BCUT2D eigenvalue weighted by molar-refractivity contribution is -0.127. The van der Waals surface area contributed by atoms with Gasteiger partial charge in [-0.25, -0.2) is 12.8 Å². The summed E-state index contributed by atoms with van der Waals surface area (Å²) in [5, 5.41) is 4.11. The molecule has 0 atom stereocenters. The van der Waals surface area contributed by atoms with Crippen LogP contribution in [0.4, 0.5) is 10.1 Å². The van der Waals surface area contributed by atoms with Crippen molar-refractivity contribution in [3.05, 3.63) is 71.8 Å². The molecular weight excluding hydrogens is 419 g/mol. The zero-order valence-electron chi connectivity index (χ0n) is 17.1. The molecule has 1 amide bonds. The summed E-state index contributed by atoms with van der Waals surface area (Å²) in [7, 11) is -1.57. The van der Waals surface area contributed by atoms with Gasteiger partial charge in [-0.05, 0) is 23.3 Å². The first-order valence-corrected chi connectivity index (χ1v) is 11.7. The molecule has 9 heteroatoms. The number of fused-ring (bicyclic) bond motifs is 2. The van der Waals surface area contributed by atoms with E-state index in [1.54, 1.807) is 28.9 Å². The van der Waals surface area contributed by atoms with Gasteiger partial charge in [0.25, 0.3) is 0 Å². The number of benzene rings is 2. The van der Waals surface area contributed by atoms with Gasteiger partial charge in [0.1, 0.15) is 11.2 Å². The second kappa shape index (κ2) is 6.73. The van der Waals surface area contributed by atoms with Crippen LogP contribution in [0.25, 0.3) is 11.1 Å². The van der Waals surface area contributed by atoms with Gasteiger partial charge in [0, 0.05) is 43.1 Å². The highest BCUT2D eigenvalue weighted by atomic mass is 32.2. The van der Waals surface area contributed by atoms with Crippen LogP contribution >= 0.6 is 0 Å². The van der Waals surface area contributed by atoms with Gasteiger partial charge >= 0.3 is 0 Å². The van der Waals surface area contributed by atoms with E-state index in [4.69, 9.17) is 0 Å². The number of nitrogens with zero attached hydrogens (tertiary/aromatic N) is 4.